The highest BCUT2D eigenvalue weighted by molar-refractivity contribution is 14.0. The second-order valence-electron chi connectivity index (χ2n) is 7.00. The predicted octanol–water partition coefficient (Wildman–Crippen LogP) is 4.17. The summed E-state index contributed by atoms with van der Waals surface area (Å²) in [5.41, 5.74) is 0.0131. The average molecular weight is 526 g/mol. The van der Waals surface area contributed by atoms with Gasteiger partial charge in [-0.3, -0.25) is 4.79 Å². The molecule has 1 unspecified atom stereocenters. The summed E-state index contributed by atoms with van der Waals surface area (Å²) in [5.74, 6) is 0.681. The number of aliphatic imine (C=N–C) groups is 1. The highest BCUT2D eigenvalue weighted by atomic mass is 127. The minimum absolute atomic E-state index is 0. The van der Waals surface area contributed by atoms with Crippen LogP contribution in [0.25, 0.3) is 0 Å². The molecule has 0 spiro atoms. The van der Waals surface area contributed by atoms with E-state index in [0.29, 0.717) is 37.1 Å². The molecule has 0 aliphatic carbocycles. The van der Waals surface area contributed by atoms with Crippen molar-refractivity contribution >= 4 is 35.8 Å². The quantitative estimate of drug-likeness (QED) is 0.333. The lowest BCUT2D eigenvalue weighted by Gasteiger charge is -2.33. The van der Waals surface area contributed by atoms with Crippen LogP contribution in [0.2, 0.25) is 0 Å². The molecule has 0 radical (unpaired) electrons. The highest BCUT2D eigenvalue weighted by Crippen LogP contribution is 2.29. The van der Waals surface area contributed by atoms with Gasteiger partial charge in [0.25, 0.3) is 0 Å². The van der Waals surface area contributed by atoms with E-state index in [0.717, 1.165) is 31.5 Å². The number of hydrogen-bond donors (Lipinski definition) is 2. The monoisotopic (exact) mass is 526 g/mol. The Morgan fingerprint density at radius 3 is 2.48 bits per heavy atom. The lowest BCUT2D eigenvalue weighted by atomic mass is 10.0. The summed E-state index contributed by atoms with van der Waals surface area (Å²) in [4.78, 5) is 18.7. The number of nitrogens with one attached hydrogen (secondary N) is 2. The minimum Gasteiger partial charge on any atom is -0.357 e. The summed E-state index contributed by atoms with van der Waals surface area (Å²) < 4.78 is 37.9. The molecule has 164 valence electrons. The van der Waals surface area contributed by atoms with E-state index in [9.17, 15) is 18.0 Å². The van der Waals surface area contributed by atoms with Gasteiger partial charge in [0.1, 0.15) is 0 Å². The first-order chi connectivity index (χ1) is 13.3. The number of guanidine groups is 1. The minimum atomic E-state index is -4.34. The molecule has 1 aliphatic rings. The lowest BCUT2D eigenvalue weighted by molar-refractivity contribution is -0.137. The van der Waals surface area contributed by atoms with Crippen molar-refractivity contribution in [2.45, 2.75) is 58.3 Å². The molecule has 5 nitrogen and oxygen atoms in total. The summed E-state index contributed by atoms with van der Waals surface area (Å²) in [6, 6.07) is 5.27. The number of hydrogen-bond acceptors (Lipinski definition) is 2. The van der Waals surface area contributed by atoms with Crippen molar-refractivity contribution in [1.29, 1.82) is 0 Å². The van der Waals surface area contributed by atoms with Gasteiger partial charge in [0.05, 0.1) is 12.1 Å². The van der Waals surface area contributed by atoms with Crippen LogP contribution in [0.1, 0.15) is 50.7 Å². The number of carbonyl (C=O) groups is 1. The first-order valence-electron chi connectivity index (χ1n) is 9.79. The zero-order chi connectivity index (χ0) is 20.6. The molecule has 2 N–H and O–H groups in total. The van der Waals surface area contributed by atoms with Gasteiger partial charge in [0.15, 0.2) is 5.96 Å². The van der Waals surface area contributed by atoms with Crippen LogP contribution < -0.4 is 10.6 Å². The number of alkyl halides is 3. The van der Waals surface area contributed by atoms with Crippen molar-refractivity contribution in [2.75, 3.05) is 19.6 Å². The molecule has 1 amide bonds. The number of nitrogens with zero attached hydrogens (tertiary/aromatic N) is 2. The van der Waals surface area contributed by atoms with Crippen molar-refractivity contribution < 1.29 is 18.0 Å². The van der Waals surface area contributed by atoms with Crippen LogP contribution in [-0.2, 0) is 17.5 Å². The van der Waals surface area contributed by atoms with Crippen LogP contribution in [0.4, 0.5) is 13.2 Å². The summed E-state index contributed by atoms with van der Waals surface area (Å²) in [6.45, 7) is 6.19. The van der Waals surface area contributed by atoms with Crippen LogP contribution in [0.3, 0.4) is 0 Å². The number of amides is 1. The molecule has 0 bridgehead atoms. The van der Waals surface area contributed by atoms with Gasteiger partial charge in [-0.1, -0.05) is 12.1 Å². The Morgan fingerprint density at radius 2 is 1.90 bits per heavy atom. The summed E-state index contributed by atoms with van der Waals surface area (Å²) >= 11 is 0. The zero-order valence-electron chi connectivity index (χ0n) is 16.9. The van der Waals surface area contributed by atoms with Gasteiger partial charge in [-0.2, -0.15) is 13.2 Å². The van der Waals surface area contributed by atoms with E-state index in [-0.39, 0.29) is 36.4 Å². The lowest BCUT2D eigenvalue weighted by Crippen LogP contribution is -2.44. The first kappa shape index (κ1) is 25.5. The number of likely N-dealkylation sites (tertiary alicyclic amines) is 1. The highest BCUT2D eigenvalue weighted by Gasteiger charge is 2.29. The summed E-state index contributed by atoms with van der Waals surface area (Å²) in [5, 5.41) is 6.21. The molecule has 1 aromatic rings. The van der Waals surface area contributed by atoms with Crippen LogP contribution in [-0.4, -0.2) is 42.4 Å². The average Bonchev–Trinajstić information content (AvgIpc) is 2.66. The molecule has 1 atom stereocenters. The van der Waals surface area contributed by atoms with Gasteiger partial charge in [0, 0.05) is 32.1 Å². The molecule has 0 saturated carbocycles. The fourth-order valence-corrected chi connectivity index (χ4v) is 3.21. The second-order valence-corrected chi connectivity index (χ2v) is 7.00. The number of piperidine rings is 1. The molecule has 1 aliphatic heterocycles. The fourth-order valence-electron chi connectivity index (χ4n) is 3.21. The topological polar surface area (TPSA) is 56.7 Å². The molecule has 9 heteroatoms. The Labute approximate surface area is 187 Å². The third kappa shape index (κ3) is 8.39. The van der Waals surface area contributed by atoms with E-state index in [1.165, 1.54) is 18.6 Å². The number of benzene rings is 1. The Morgan fingerprint density at radius 1 is 1.21 bits per heavy atom. The van der Waals surface area contributed by atoms with E-state index in [1.54, 1.807) is 0 Å². The Bertz CT molecular complexity index is 665. The number of halogens is 4. The zero-order valence-corrected chi connectivity index (χ0v) is 19.2. The van der Waals surface area contributed by atoms with Crippen LogP contribution in [0, 0.1) is 0 Å². The van der Waals surface area contributed by atoms with E-state index in [1.807, 2.05) is 11.8 Å². The summed E-state index contributed by atoms with van der Waals surface area (Å²) in [6.07, 6.45) is -0.673. The Kier molecular flexibility index (Phi) is 10.8. The van der Waals surface area contributed by atoms with Crippen molar-refractivity contribution in [3.8, 4) is 0 Å². The third-order valence-electron chi connectivity index (χ3n) is 4.80. The van der Waals surface area contributed by atoms with E-state index < -0.39 is 11.7 Å². The van der Waals surface area contributed by atoms with Crippen molar-refractivity contribution in [3.63, 3.8) is 0 Å². The molecule has 1 fully saturated rings. The van der Waals surface area contributed by atoms with Crippen LogP contribution >= 0.6 is 24.0 Å². The normalized spacial score (nSPS) is 17.5. The van der Waals surface area contributed by atoms with Crippen LogP contribution in [0.15, 0.2) is 29.3 Å². The molecular weight excluding hydrogens is 496 g/mol. The van der Waals surface area contributed by atoms with Gasteiger partial charge in [-0.05, 0) is 50.8 Å². The number of carbonyl (C=O) groups excluding carboxylic acids is 1. The van der Waals surface area contributed by atoms with E-state index in [2.05, 4.69) is 22.5 Å². The maximum Gasteiger partial charge on any atom is 0.416 e. The molecule has 2 rings (SSSR count). The fraction of sp³-hybridized carbons (Fsp3) is 0.600. The standard InChI is InChI=1S/C20H29F3N4O.HI/c1-3-24-19(25-12-11-18(28)27-13-5-4-6-15(27)2)26-14-16-7-9-17(10-8-16)20(21,22)23;/h7-10,15H,3-6,11-14H2,1-2H3,(H2,24,25,26);1H. The molecule has 1 heterocycles. The van der Waals surface area contributed by atoms with Crippen LogP contribution in [0.5, 0.6) is 0 Å². The molecule has 29 heavy (non-hydrogen) atoms. The maximum absolute atomic E-state index is 12.6. The smallest absolute Gasteiger partial charge is 0.357 e. The van der Waals surface area contributed by atoms with Gasteiger partial charge >= 0.3 is 6.18 Å². The van der Waals surface area contributed by atoms with Crippen molar-refractivity contribution in [3.05, 3.63) is 35.4 Å². The van der Waals surface area contributed by atoms with E-state index >= 15 is 0 Å². The third-order valence-corrected chi connectivity index (χ3v) is 4.80. The van der Waals surface area contributed by atoms with Crippen molar-refractivity contribution in [2.24, 2.45) is 4.99 Å². The predicted molar refractivity (Wildman–Crippen MR) is 119 cm³/mol. The SMILES string of the molecule is CCNC(=NCc1ccc(C(F)(F)F)cc1)NCCC(=O)N1CCCCC1C.I. The molecule has 0 aromatic heterocycles. The van der Waals surface area contributed by atoms with Gasteiger partial charge in [-0.15, -0.1) is 24.0 Å². The second kappa shape index (κ2) is 12.2. The summed E-state index contributed by atoms with van der Waals surface area (Å²) in [7, 11) is 0. The van der Waals surface area contributed by atoms with Gasteiger partial charge in [-0.25, -0.2) is 4.99 Å². The number of rotatable bonds is 6. The molecular formula is C20H30F3IN4O. The molecule has 1 aromatic carbocycles. The van der Waals surface area contributed by atoms with Crippen molar-refractivity contribution in [1.82, 2.24) is 15.5 Å². The maximum atomic E-state index is 12.6. The Balaban J connectivity index is 0.00000420. The Hall–Kier alpha value is -1.52. The largest absolute Gasteiger partial charge is 0.416 e. The van der Waals surface area contributed by atoms with Gasteiger partial charge in [0.2, 0.25) is 5.91 Å². The van der Waals surface area contributed by atoms with E-state index in [4.69, 9.17) is 0 Å². The molecule has 1 saturated heterocycles. The van der Waals surface area contributed by atoms with Gasteiger partial charge < -0.3 is 15.5 Å². The first-order valence-corrected chi connectivity index (χ1v) is 9.79.